The van der Waals surface area contributed by atoms with Crippen molar-refractivity contribution < 1.29 is 4.74 Å². The van der Waals surface area contributed by atoms with E-state index < -0.39 is 16.9 Å². The minimum atomic E-state index is -0.572. The highest BCUT2D eigenvalue weighted by Crippen LogP contribution is 2.34. The van der Waals surface area contributed by atoms with Crippen LogP contribution in [-0.2, 0) is 0 Å². The number of nitriles is 1. The average molecular weight is 411 g/mol. The summed E-state index contributed by atoms with van der Waals surface area (Å²) >= 11 is 19.5. The third-order valence-electron chi connectivity index (χ3n) is 4.10. The minimum Gasteiger partial charge on any atom is -0.487 e. The largest absolute Gasteiger partial charge is 0.487 e. The van der Waals surface area contributed by atoms with Crippen molar-refractivity contribution >= 4 is 34.8 Å². The molecule has 5 heteroatoms. The zero-order valence-corrected chi connectivity index (χ0v) is 16.9. The predicted octanol–water partition coefficient (Wildman–Crippen LogP) is 6.64. The maximum absolute atomic E-state index is 9.04. The van der Waals surface area contributed by atoms with Crippen molar-refractivity contribution in [1.82, 2.24) is 0 Å². The molecule has 2 rings (SSSR count). The van der Waals surface area contributed by atoms with Gasteiger partial charge >= 0.3 is 0 Å². The van der Waals surface area contributed by atoms with Gasteiger partial charge in [0.15, 0.2) is 0 Å². The van der Waals surface area contributed by atoms with E-state index in [1.807, 2.05) is 61.5 Å². The summed E-state index contributed by atoms with van der Waals surface area (Å²) in [4.78, 5) is 0. The molecule has 2 nitrogen and oxygen atoms in total. The van der Waals surface area contributed by atoms with Gasteiger partial charge in [-0.2, -0.15) is 5.26 Å². The van der Waals surface area contributed by atoms with Gasteiger partial charge in [0.2, 0.25) is 0 Å². The van der Waals surface area contributed by atoms with Crippen molar-refractivity contribution in [2.75, 3.05) is 0 Å². The van der Waals surface area contributed by atoms with Gasteiger partial charge < -0.3 is 4.74 Å². The number of hydrogen-bond acceptors (Lipinski definition) is 2. The van der Waals surface area contributed by atoms with Crippen molar-refractivity contribution in [3.8, 4) is 22.9 Å². The zero-order chi connectivity index (χ0) is 18.9. The van der Waals surface area contributed by atoms with Crippen LogP contribution in [0.4, 0.5) is 0 Å². The second-order valence-corrected chi connectivity index (χ2v) is 7.70. The van der Waals surface area contributed by atoms with Crippen LogP contribution >= 0.6 is 34.8 Å². The Morgan fingerprint density at radius 2 is 1.62 bits per heavy atom. The first kappa shape index (κ1) is 20.9. The SMILES string of the molecule is CCCC(Cl)C(Cl)C(Oc1ccccc1-c1ccccc1)C(Cl)CC#N. The first-order chi connectivity index (χ1) is 12.6. The van der Waals surface area contributed by atoms with E-state index in [1.165, 1.54) is 0 Å². The summed E-state index contributed by atoms with van der Waals surface area (Å²) in [5.41, 5.74) is 1.99. The molecule has 4 unspecified atom stereocenters. The third kappa shape index (κ3) is 5.55. The van der Waals surface area contributed by atoms with Crippen molar-refractivity contribution in [3.63, 3.8) is 0 Å². The van der Waals surface area contributed by atoms with E-state index in [4.69, 9.17) is 44.8 Å². The van der Waals surface area contributed by atoms with Gasteiger partial charge in [-0.3, -0.25) is 0 Å². The molecule has 0 heterocycles. The maximum atomic E-state index is 9.04. The molecule has 4 atom stereocenters. The summed E-state index contributed by atoms with van der Waals surface area (Å²) in [5, 5.41) is 7.71. The average Bonchev–Trinajstić information content (AvgIpc) is 2.67. The molecular formula is C21H22Cl3NO. The molecule has 0 fully saturated rings. The summed E-state index contributed by atoms with van der Waals surface area (Å²) in [7, 11) is 0. The van der Waals surface area contributed by atoms with Gasteiger partial charge in [-0.25, -0.2) is 0 Å². The molecule has 0 bridgehead atoms. The normalized spacial score (nSPS) is 15.5. The van der Waals surface area contributed by atoms with Crippen LogP contribution in [0.15, 0.2) is 54.6 Å². The van der Waals surface area contributed by atoms with Gasteiger partial charge in [0, 0.05) is 5.56 Å². The Bertz CT molecular complexity index is 717. The summed E-state index contributed by atoms with van der Waals surface area (Å²) in [6, 6.07) is 19.8. The lowest BCUT2D eigenvalue weighted by Crippen LogP contribution is -2.41. The number of hydrogen-bond donors (Lipinski definition) is 0. The number of alkyl halides is 3. The maximum Gasteiger partial charge on any atom is 0.134 e. The van der Waals surface area contributed by atoms with E-state index in [-0.39, 0.29) is 11.8 Å². The highest BCUT2D eigenvalue weighted by molar-refractivity contribution is 6.31. The van der Waals surface area contributed by atoms with Crippen LogP contribution in [0.3, 0.4) is 0 Å². The molecule has 0 aromatic heterocycles. The molecule has 2 aromatic carbocycles. The lowest BCUT2D eigenvalue weighted by atomic mass is 10.0. The molecule has 0 aliphatic rings. The summed E-state index contributed by atoms with van der Waals surface area (Å²) in [5.74, 6) is 0.679. The Hall–Kier alpha value is -1.40. The quantitative estimate of drug-likeness (QED) is 0.434. The van der Waals surface area contributed by atoms with Crippen LogP contribution in [0.2, 0.25) is 0 Å². The third-order valence-corrected chi connectivity index (χ3v) is 5.68. The second-order valence-electron chi connectivity index (χ2n) is 6.07. The fraction of sp³-hybridized carbons (Fsp3) is 0.381. The van der Waals surface area contributed by atoms with E-state index in [1.54, 1.807) is 0 Å². The van der Waals surface area contributed by atoms with Gasteiger partial charge in [-0.05, 0) is 18.1 Å². The molecule has 138 valence electrons. The van der Waals surface area contributed by atoms with Crippen molar-refractivity contribution in [3.05, 3.63) is 54.6 Å². The summed E-state index contributed by atoms with van der Waals surface area (Å²) < 4.78 is 6.24. The standard InChI is InChI=1S/C21H22Cl3NO/c1-2-8-17(22)20(24)21(18(23)13-14-25)26-19-12-7-6-11-16(19)15-9-4-3-5-10-15/h3-7,9-12,17-18,20-21H,2,8,13H2,1H3. The molecule has 0 radical (unpaired) electrons. The van der Waals surface area contributed by atoms with Gasteiger partial charge in [0.25, 0.3) is 0 Å². The van der Waals surface area contributed by atoms with Crippen LogP contribution in [0, 0.1) is 11.3 Å². The second kappa shape index (κ2) is 10.7. The molecule has 0 aliphatic carbocycles. The van der Waals surface area contributed by atoms with E-state index in [9.17, 15) is 0 Å². The molecule has 0 saturated carbocycles. The van der Waals surface area contributed by atoms with Gasteiger partial charge in [-0.1, -0.05) is 61.9 Å². The molecular weight excluding hydrogens is 389 g/mol. The molecule has 0 N–H and O–H groups in total. The first-order valence-electron chi connectivity index (χ1n) is 8.68. The number of nitrogens with zero attached hydrogens (tertiary/aromatic N) is 1. The van der Waals surface area contributed by atoms with Crippen molar-refractivity contribution in [2.24, 2.45) is 0 Å². The highest BCUT2D eigenvalue weighted by atomic mass is 35.5. The Balaban J connectivity index is 2.33. The number of para-hydroxylation sites is 1. The Morgan fingerprint density at radius 1 is 0.962 bits per heavy atom. The Morgan fingerprint density at radius 3 is 2.27 bits per heavy atom. The molecule has 26 heavy (non-hydrogen) atoms. The van der Waals surface area contributed by atoms with E-state index >= 15 is 0 Å². The van der Waals surface area contributed by atoms with E-state index in [0.29, 0.717) is 5.75 Å². The lowest BCUT2D eigenvalue weighted by Gasteiger charge is -2.30. The van der Waals surface area contributed by atoms with Gasteiger partial charge in [-0.15, -0.1) is 34.8 Å². The molecule has 0 spiro atoms. The summed E-state index contributed by atoms with van der Waals surface area (Å²) in [6.45, 7) is 2.05. The van der Waals surface area contributed by atoms with E-state index in [2.05, 4.69) is 6.07 Å². The Labute approximate surface area is 170 Å². The van der Waals surface area contributed by atoms with Crippen LogP contribution in [0.1, 0.15) is 26.2 Å². The minimum absolute atomic E-state index is 0.138. The molecule has 0 aliphatic heterocycles. The van der Waals surface area contributed by atoms with Gasteiger partial charge in [0.1, 0.15) is 11.9 Å². The zero-order valence-electron chi connectivity index (χ0n) is 14.6. The monoisotopic (exact) mass is 409 g/mol. The number of benzene rings is 2. The fourth-order valence-electron chi connectivity index (χ4n) is 2.75. The Kier molecular flexibility index (Phi) is 8.59. The van der Waals surface area contributed by atoms with Crippen LogP contribution in [0.25, 0.3) is 11.1 Å². The lowest BCUT2D eigenvalue weighted by molar-refractivity contribution is 0.188. The predicted molar refractivity (Wildman–Crippen MR) is 110 cm³/mol. The van der Waals surface area contributed by atoms with Crippen LogP contribution < -0.4 is 4.74 Å². The molecule has 0 saturated heterocycles. The first-order valence-corrected chi connectivity index (χ1v) is 9.99. The topological polar surface area (TPSA) is 33.0 Å². The number of rotatable bonds is 9. The smallest absolute Gasteiger partial charge is 0.134 e. The highest BCUT2D eigenvalue weighted by Gasteiger charge is 2.34. The number of halogens is 3. The van der Waals surface area contributed by atoms with Crippen molar-refractivity contribution in [2.45, 2.75) is 48.4 Å². The molecule has 2 aromatic rings. The molecule has 0 amide bonds. The van der Waals surface area contributed by atoms with Crippen molar-refractivity contribution in [1.29, 1.82) is 5.26 Å². The number of ether oxygens (including phenoxy) is 1. The summed E-state index contributed by atoms with van der Waals surface area (Å²) in [6.07, 6.45) is 1.23. The van der Waals surface area contributed by atoms with Crippen LogP contribution in [0.5, 0.6) is 5.75 Å². The van der Waals surface area contributed by atoms with E-state index in [0.717, 1.165) is 24.0 Å². The van der Waals surface area contributed by atoms with Crippen LogP contribution in [-0.4, -0.2) is 22.2 Å². The van der Waals surface area contributed by atoms with Gasteiger partial charge in [0.05, 0.1) is 28.6 Å². The fourth-order valence-corrected chi connectivity index (χ4v) is 3.82.